The number of rotatable bonds is 5. The van der Waals surface area contributed by atoms with E-state index in [9.17, 15) is 4.79 Å². The zero-order valence-electron chi connectivity index (χ0n) is 13.3. The van der Waals surface area contributed by atoms with Crippen molar-refractivity contribution in [2.45, 2.75) is 6.92 Å². The molecule has 0 bridgehead atoms. The predicted molar refractivity (Wildman–Crippen MR) is 99.6 cm³/mol. The number of hydrogen-bond donors (Lipinski definition) is 2. The van der Waals surface area contributed by atoms with Gasteiger partial charge in [-0.2, -0.15) is 5.10 Å². The number of amides is 1. The van der Waals surface area contributed by atoms with E-state index in [-0.39, 0.29) is 5.91 Å². The smallest absolute Gasteiger partial charge is 0.273 e. The highest BCUT2D eigenvalue weighted by Gasteiger charge is 2.13. The molecule has 0 unspecified atom stereocenters. The lowest BCUT2D eigenvalue weighted by Crippen LogP contribution is -2.12. The minimum absolute atomic E-state index is 0.298. The van der Waals surface area contributed by atoms with Crippen molar-refractivity contribution in [3.05, 3.63) is 64.3 Å². The van der Waals surface area contributed by atoms with Gasteiger partial charge in [0.1, 0.15) is 11.4 Å². The summed E-state index contributed by atoms with van der Waals surface area (Å²) in [7, 11) is 0. The molecule has 1 aromatic heterocycles. The maximum atomic E-state index is 12.3. The van der Waals surface area contributed by atoms with Gasteiger partial charge in [-0.05, 0) is 55.5 Å². The molecule has 0 atom stereocenters. The van der Waals surface area contributed by atoms with E-state index in [0.29, 0.717) is 39.3 Å². The molecule has 2 aromatic carbocycles. The van der Waals surface area contributed by atoms with Crippen LogP contribution in [0.3, 0.4) is 0 Å². The Hall–Kier alpha value is -2.50. The summed E-state index contributed by atoms with van der Waals surface area (Å²) < 4.78 is 5.37. The van der Waals surface area contributed by atoms with Gasteiger partial charge in [0.2, 0.25) is 0 Å². The van der Waals surface area contributed by atoms with E-state index in [1.54, 1.807) is 48.5 Å². The number of aromatic nitrogens is 2. The maximum absolute atomic E-state index is 12.3. The molecule has 1 heterocycles. The van der Waals surface area contributed by atoms with Crippen LogP contribution in [0.25, 0.3) is 11.3 Å². The number of carbonyl (C=O) groups is 1. The summed E-state index contributed by atoms with van der Waals surface area (Å²) in [4.78, 5) is 12.3. The van der Waals surface area contributed by atoms with Gasteiger partial charge in [-0.3, -0.25) is 9.89 Å². The van der Waals surface area contributed by atoms with Gasteiger partial charge in [0, 0.05) is 16.3 Å². The van der Waals surface area contributed by atoms with E-state index >= 15 is 0 Å². The van der Waals surface area contributed by atoms with Crippen molar-refractivity contribution in [1.82, 2.24) is 10.2 Å². The molecule has 0 aliphatic carbocycles. The minimum Gasteiger partial charge on any atom is -0.494 e. The van der Waals surface area contributed by atoms with Crippen LogP contribution < -0.4 is 10.1 Å². The zero-order valence-corrected chi connectivity index (χ0v) is 14.9. The molecule has 0 saturated carbocycles. The van der Waals surface area contributed by atoms with Crippen molar-refractivity contribution in [1.29, 1.82) is 0 Å². The molecule has 3 rings (SSSR count). The van der Waals surface area contributed by atoms with Gasteiger partial charge in [-0.25, -0.2) is 0 Å². The Morgan fingerprint density at radius 3 is 2.60 bits per heavy atom. The molecule has 0 saturated heterocycles. The van der Waals surface area contributed by atoms with E-state index in [4.69, 9.17) is 27.9 Å². The minimum atomic E-state index is -0.298. The van der Waals surface area contributed by atoms with Crippen LogP contribution in [0.5, 0.6) is 5.75 Å². The first-order chi connectivity index (χ1) is 12.1. The number of carbonyl (C=O) groups excluding carboxylic acids is 1. The standard InChI is InChI=1S/C18H15Cl2N3O2/c1-2-25-13-6-4-12(5-7-13)21-18(24)17-10-16(22-23-17)14-8-3-11(19)9-15(14)20/h3-10H,2H2,1H3,(H,21,24)(H,22,23). The summed E-state index contributed by atoms with van der Waals surface area (Å²) in [5.74, 6) is 0.453. The van der Waals surface area contributed by atoms with E-state index in [0.717, 1.165) is 5.75 Å². The van der Waals surface area contributed by atoms with Crippen LogP contribution in [-0.4, -0.2) is 22.7 Å². The first-order valence-electron chi connectivity index (χ1n) is 7.62. The van der Waals surface area contributed by atoms with Crippen LogP contribution in [-0.2, 0) is 0 Å². The zero-order chi connectivity index (χ0) is 17.8. The monoisotopic (exact) mass is 375 g/mol. The summed E-state index contributed by atoms with van der Waals surface area (Å²) in [5.41, 5.74) is 2.25. The molecule has 5 nitrogen and oxygen atoms in total. The average Bonchev–Trinajstić information content (AvgIpc) is 3.07. The van der Waals surface area contributed by atoms with Crippen molar-refractivity contribution in [2.75, 3.05) is 11.9 Å². The molecule has 128 valence electrons. The third-order valence-electron chi connectivity index (χ3n) is 3.45. The molecule has 7 heteroatoms. The second-order valence-corrected chi connectivity index (χ2v) is 6.05. The number of hydrogen-bond acceptors (Lipinski definition) is 3. The van der Waals surface area contributed by atoms with Gasteiger partial charge in [-0.1, -0.05) is 23.2 Å². The van der Waals surface area contributed by atoms with Crippen molar-refractivity contribution >= 4 is 34.8 Å². The highest BCUT2D eigenvalue weighted by molar-refractivity contribution is 6.36. The van der Waals surface area contributed by atoms with Crippen LogP contribution in [0.15, 0.2) is 48.5 Å². The molecule has 0 aliphatic heterocycles. The third-order valence-corrected chi connectivity index (χ3v) is 4.00. The van der Waals surface area contributed by atoms with Gasteiger partial charge in [0.15, 0.2) is 0 Å². The molecule has 2 N–H and O–H groups in total. The highest BCUT2D eigenvalue weighted by Crippen LogP contribution is 2.29. The number of halogens is 2. The fraction of sp³-hybridized carbons (Fsp3) is 0.111. The summed E-state index contributed by atoms with van der Waals surface area (Å²) >= 11 is 12.1. The third kappa shape index (κ3) is 4.13. The Labute approximate surface area is 154 Å². The number of aromatic amines is 1. The first kappa shape index (κ1) is 17.3. The SMILES string of the molecule is CCOc1ccc(NC(=O)c2cc(-c3ccc(Cl)cc3Cl)n[nH]2)cc1. The van der Waals surface area contributed by atoms with Gasteiger partial charge >= 0.3 is 0 Å². The van der Waals surface area contributed by atoms with Crippen molar-refractivity contribution in [3.63, 3.8) is 0 Å². The number of H-pyrrole nitrogens is 1. The number of benzene rings is 2. The fourth-order valence-electron chi connectivity index (χ4n) is 2.27. The Morgan fingerprint density at radius 1 is 1.16 bits per heavy atom. The molecular formula is C18H15Cl2N3O2. The second kappa shape index (κ2) is 7.59. The quantitative estimate of drug-likeness (QED) is 0.656. The van der Waals surface area contributed by atoms with E-state index < -0.39 is 0 Å². The topological polar surface area (TPSA) is 67.0 Å². The van der Waals surface area contributed by atoms with Crippen LogP contribution in [0, 0.1) is 0 Å². The molecule has 1 amide bonds. The van der Waals surface area contributed by atoms with Gasteiger partial charge < -0.3 is 10.1 Å². The number of anilines is 1. The van der Waals surface area contributed by atoms with Crippen molar-refractivity contribution in [2.24, 2.45) is 0 Å². The Kier molecular flexibility index (Phi) is 5.26. The van der Waals surface area contributed by atoms with Gasteiger partial charge in [0.05, 0.1) is 17.3 Å². The lowest BCUT2D eigenvalue weighted by Gasteiger charge is -2.06. The Bertz CT molecular complexity index is 892. The van der Waals surface area contributed by atoms with E-state index in [2.05, 4.69) is 15.5 Å². The molecule has 3 aromatic rings. The number of nitrogens with zero attached hydrogens (tertiary/aromatic N) is 1. The molecule has 0 fully saturated rings. The average molecular weight is 376 g/mol. The first-order valence-corrected chi connectivity index (χ1v) is 8.37. The van der Waals surface area contributed by atoms with E-state index in [1.165, 1.54) is 0 Å². The highest BCUT2D eigenvalue weighted by atomic mass is 35.5. The lowest BCUT2D eigenvalue weighted by molar-refractivity contribution is 0.102. The maximum Gasteiger partial charge on any atom is 0.273 e. The van der Waals surface area contributed by atoms with E-state index in [1.807, 2.05) is 6.92 Å². The fourth-order valence-corrected chi connectivity index (χ4v) is 2.78. The van der Waals surface area contributed by atoms with Gasteiger partial charge in [0.25, 0.3) is 5.91 Å². The Morgan fingerprint density at radius 2 is 1.92 bits per heavy atom. The Balaban J connectivity index is 1.74. The van der Waals surface area contributed by atoms with Crippen LogP contribution >= 0.6 is 23.2 Å². The van der Waals surface area contributed by atoms with Crippen molar-refractivity contribution < 1.29 is 9.53 Å². The van der Waals surface area contributed by atoms with Gasteiger partial charge in [-0.15, -0.1) is 0 Å². The number of nitrogens with one attached hydrogen (secondary N) is 2. The van der Waals surface area contributed by atoms with Crippen molar-refractivity contribution in [3.8, 4) is 17.0 Å². The second-order valence-electron chi connectivity index (χ2n) is 5.20. The van der Waals surface area contributed by atoms with Crippen LogP contribution in [0.1, 0.15) is 17.4 Å². The molecule has 25 heavy (non-hydrogen) atoms. The predicted octanol–water partition coefficient (Wildman–Crippen LogP) is 5.03. The summed E-state index contributed by atoms with van der Waals surface area (Å²) in [5, 5.41) is 10.7. The summed E-state index contributed by atoms with van der Waals surface area (Å²) in [6.45, 7) is 2.51. The summed E-state index contributed by atoms with van der Waals surface area (Å²) in [6.07, 6.45) is 0. The van der Waals surface area contributed by atoms with Crippen LogP contribution in [0.2, 0.25) is 10.0 Å². The van der Waals surface area contributed by atoms with Crippen LogP contribution in [0.4, 0.5) is 5.69 Å². The number of ether oxygens (including phenoxy) is 1. The largest absolute Gasteiger partial charge is 0.494 e. The molecule has 0 radical (unpaired) electrons. The molecule has 0 spiro atoms. The molecular weight excluding hydrogens is 361 g/mol. The lowest BCUT2D eigenvalue weighted by atomic mass is 10.1. The normalized spacial score (nSPS) is 10.5. The molecule has 0 aliphatic rings. The summed E-state index contributed by atoms with van der Waals surface area (Å²) in [6, 6.07) is 13.9.